The minimum Gasteiger partial charge on any atom is -0.0616 e. The Morgan fingerprint density at radius 2 is 1.65 bits per heavy atom. The zero-order chi connectivity index (χ0) is 13.9. The lowest BCUT2D eigenvalue weighted by Gasteiger charge is -2.21. The number of halogens is 1. The molecule has 1 aliphatic rings. The van der Waals surface area contributed by atoms with Gasteiger partial charge in [-0.25, -0.2) is 0 Å². The Morgan fingerprint density at radius 1 is 0.850 bits per heavy atom. The summed E-state index contributed by atoms with van der Waals surface area (Å²) in [5, 5.41) is 2.68. The van der Waals surface area contributed by atoms with Crippen LogP contribution >= 0.6 is 15.9 Å². The third-order valence-electron chi connectivity index (χ3n) is 4.53. The Kier molecular flexibility index (Phi) is 2.41. The second kappa shape index (κ2) is 3.95. The first kappa shape index (κ1) is 12.2. The molecule has 1 aliphatic carbocycles. The molecule has 0 N–H and O–H groups in total. The molecule has 0 saturated heterocycles. The minimum atomic E-state index is 0.0679. The van der Waals surface area contributed by atoms with Crippen molar-refractivity contribution in [1.82, 2.24) is 0 Å². The highest BCUT2D eigenvalue weighted by atomic mass is 79.9. The van der Waals surface area contributed by atoms with E-state index < -0.39 is 0 Å². The van der Waals surface area contributed by atoms with Crippen molar-refractivity contribution in [3.8, 4) is 11.1 Å². The Hall–Kier alpha value is -1.60. The standard InChI is InChI=1S/C19H15Br/c1-19(2)16-10-7-12-5-3-4-6-14(12)18(16)15-9-8-13(20)11-17(15)19/h3-11H,1-2H3. The second-order valence-electron chi connectivity index (χ2n) is 6.02. The molecule has 3 aromatic rings. The van der Waals surface area contributed by atoms with E-state index in [1.54, 1.807) is 0 Å². The van der Waals surface area contributed by atoms with Crippen LogP contribution in [0.25, 0.3) is 21.9 Å². The molecule has 0 bridgehead atoms. The topological polar surface area (TPSA) is 0 Å². The summed E-state index contributed by atoms with van der Waals surface area (Å²) in [6, 6.07) is 19.9. The fourth-order valence-electron chi connectivity index (χ4n) is 3.48. The zero-order valence-corrected chi connectivity index (χ0v) is 13.2. The molecule has 0 heterocycles. The van der Waals surface area contributed by atoms with Gasteiger partial charge in [-0.3, -0.25) is 0 Å². The summed E-state index contributed by atoms with van der Waals surface area (Å²) >= 11 is 3.61. The fourth-order valence-corrected chi connectivity index (χ4v) is 3.84. The summed E-state index contributed by atoms with van der Waals surface area (Å²) in [6.07, 6.45) is 0. The predicted octanol–water partition coefficient (Wildman–Crippen LogP) is 5.91. The minimum absolute atomic E-state index is 0.0679. The average Bonchev–Trinajstić information content (AvgIpc) is 2.68. The Labute approximate surface area is 127 Å². The van der Waals surface area contributed by atoms with Gasteiger partial charge in [0.05, 0.1) is 0 Å². The number of rotatable bonds is 0. The molecule has 0 radical (unpaired) electrons. The molecule has 98 valence electrons. The molecule has 0 unspecified atom stereocenters. The lowest BCUT2D eigenvalue weighted by Crippen LogP contribution is -2.14. The zero-order valence-electron chi connectivity index (χ0n) is 11.6. The molecule has 0 saturated carbocycles. The Balaban J connectivity index is 2.20. The Morgan fingerprint density at radius 3 is 2.50 bits per heavy atom. The van der Waals surface area contributed by atoms with Crippen molar-refractivity contribution in [2.24, 2.45) is 0 Å². The third-order valence-corrected chi connectivity index (χ3v) is 5.02. The van der Waals surface area contributed by atoms with Crippen molar-refractivity contribution < 1.29 is 0 Å². The first-order chi connectivity index (χ1) is 9.59. The summed E-state index contributed by atoms with van der Waals surface area (Å²) in [7, 11) is 0. The van der Waals surface area contributed by atoms with Crippen LogP contribution in [0.2, 0.25) is 0 Å². The van der Waals surface area contributed by atoms with E-state index in [9.17, 15) is 0 Å². The number of fused-ring (bicyclic) bond motifs is 5. The first-order valence-corrected chi connectivity index (χ1v) is 7.71. The molecule has 0 fully saturated rings. The maximum absolute atomic E-state index is 3.61. The van der Waals surface area contributed by atoms with Crippen LogP contribution < -0.4 is 0 Å². The molecular formula is C19H15Br. The molecule has 20 heavy (non-hydrogen) atoms. The average molecular weight is 323 g/mol. The molecule has 0 spiro atoms. The van der Waals surface area contributed by atoms with Gasteiger partial charge in [0.15, 0.2) is 0 Å². The van der Waals surface area contributed by atoms with E-state index in [1.165, 1.54) is 33.0 Å². The SMILES string of the molecule is CC1(C)c2cc(Br)ccc2-c2c1ccc1ccccc21. The van der Waals surface area contributed by atoms with Crippen molar-refractivity contribution in [3.05, 3.63) is 70.2 Å². The van der Waals surface area contributed by atoms with Gasteiger partial charge in [0.25, 0.3) is 0 Å². The molecule has 0 amide bonds. The van der Waals surface area contributed by atoms with Gasteiger partial charge in [-0.15, -0.1) is 0 Å². The van der Waals surface area contributed by atoms with Crippen molar-refractivity contribution in [3.63, 3.8) is 0 Å². The molecule has 0 atom stereocenters. The van der Waals surface area contributed by atoms with E-state index in [4.69, 9.17) is 0 Å². The van der Waals surface area contributed by atoms with Crippen LogP contribution in [-0.4, -0.2) is 0 Å². The molecule has 3 aromatic carbocycles. The van der Waals surface area contributed by atoms with Gasteiger partial charge in [-0.1, -0.05) is 72.2 Å². The van der Waals surface area contributed by atoms with Gasteiger partial charge < -0.3 is 0 Å². The molecular weight excluding hydrogens is 308 g/mol. The Bertz CT molecular complexity index is 844. The number of benzene rings is 3. The van der Waals surface area contributed by atoms with E-state index in [-0.39, 0.29) is 5.41 Å². The number of hydrogen-bond acceptors (Lipinski definition) is 0. The smallest absolute Gasteiger partial charge is 0.0178 e. The van der Waals surface area contributed by atoms with E-state index in [2.05, 4.69) is 84.4 Å². The van der Waals surface area contributed by atoms with Gasteiger partial charge in [0.2, 0.25) is 0 Å². The van der Waals surface area contributed by atoms with Crippen LogP contribution in [0.1, 0.15) is 25.0 Å². The largest absolute Gasteiger partial charge is 0.0616 e. The van der Waals surface area contributed by atoms with E-state index in [0.717, 1.165) is 4.47 Å². The van der Waals surface area contributed by atoms with Gasteiger partial charge in [0.1, 0.15) is 0 Å². The highest BCUT2D eigenvalue weighted by Crippen LogP contribution is 2.51. The maximum Gasteiger partial charge on any atom is 0.0178 e. The first-order valence-electron chi connectivity index (χ1n) is 6.92. The molecule has 1 heteroatoms. The summed E-state index contributed by atoms with van der Waals surface area (Å²) in [6.45, 7) is 4.64. The van der Waals surface area contributed by atoms with Crippen LogP contribution in [-0.2, 0) is 5.41 Å². The van der Waals surface area contributed by atoms with Crippen molar-refractivity contribution >= 4 is 26.7 Å². The lowest BCUT2D eigenvalue weighted by molar-refractivity contribution is 0.660. The van der Waals surface area contributed by atoms with E-state index in [1.807, 2.05) is 0 Å². The van der Waals surface area contributed by atoms with Crippen LogP contribution in [0.4, 0.5) is 0 Å². The van der Waals surface area contributed by atoms with Gasteiger partial charge in [-0.2, -0.15) is 0 Å². The third kappa shape index (κ3) is 1.47. The summed E-state index contributed by atoms with van der Waals surface area (Å²) in [5.41, 5.74) is 5.71. The van der Waals surface area contributed by atoms with Crippen LogP contribution in [0, 0.1) is 0 Å². The summed E-state index contributed by atoms with van der Waals surface area (Å²) in [4.78, 5) is 0. The van der Waals surface area contributed by atoms with E-state index in [0.29, 0.717) is 0 Å². The lowest BCUT2D eigenvalue weighted by atomic mass is 9.82. The molecule has 0 aliphatic heterocycles. The summed E-state index contributed by atoms with van der Waals surface area (Å²) < 4.78 is 1.15. The summed E-state index contributed by atoms with van der Waals surface area (Å²) in [5.74, 6) is 0. The maximum atomic E-state index is 3.61. The van der Waals surface area contributed by atoms with Crippen LogP contribution in [0.3, 0.4) is 0 Å². The quantitative estimate of drug-likeness (QED) is 0.482. The highest BCUT2D eigenvalue weighted by Gasteiger charge is 2.36. The predicted molar refractivity (Wildman–Crippen MR) is 89.2 cm³/mol. The molecule has 0 nitrogen and oxygen atoms in total. The van der Waals surface area contributed by atoms with Gasteiger partial charge in [0, 0.05) is 9.89 Å². The molecule has 4 rings (SSSR count). The van der Waals surface area contributed by atoms with Crippen LogP contribution in [0.15, 0.2) is 59.1 Å². The van der Waals surface area contributed by atoms with Gasteiger partial charge in [-0.05, 0) is 45.2 Å². The second-order valence-corrected chi connectivity index (χ2v) is 6.94. The monoisotopic (exact) mass is 322 g/mol. The number of hydrogen-bond donors (Lipinski definition) is 0. The van der Waals surface area contributed by atoms with Crippen molar-refractivity contribution in [2.45, 2.75) is 19.3 Å². The fraction of sp³-hybridized carbons (Fsp3) is 0.158. The van der Waals surface area contributed by atoms with E-state index >= 15 is 0 Å². The van der Waals surface area contributed by atoms with Gasteiger partial charge >= 0.3 is 0 Å². The normalized spacial score (nSPS) is 15.2. The van der Waals surface area contributed by atoms with Crippen molar-refractivity contribution in [1.29, 1.82) is 0 Å². The highest BCUT2D eigenvalue weighted by molar-refractivity contribution is 9.10. The van der Waals surface area contributed by atoms with Crippen LogP contribution in [0.5, 0.6) is 0 Å². The van der Waals surface area contributed by atoms with Crippen molar-refractivity contribution in [2.75, 3.05) is 0 Å². The molecule has 0 aromatic heterocycles.